The molecule has 3 atom stereocenters. The minimum absolute atomic E-state index is 0.0108. The number of hydrogen-bond donors (Lipinski definition) is 3. The fourth-order valence-corrected chi connectivity index (χ4v) is 11.3. The van der Waals surface area contributed by atoms with Crippen LogP contribution in [0.1, 0.15) is 108 Å². The van der Waals surface area contributed by atoms with E-state index in [-0.39, 0.29) is 79.8 Å². The van der Waals surface area contributed by atoms with Crippen molar-refractivity contribution in [1.29, 1.82) is 0 Å². The quantitative estimate of drug-likeness (QED) is 0.00576. The largest absolute Gasteiger partial charge is 0.514 e. The number of amides is 3. The van der Waals surface area contributed by atoms with Gasteiger partial charge in [0.25, 0.3) is 27.4 Å². The van der Waals surface area contributed by atoms with Crippen molar-refractivity contribution in [2.24, 2.45) is 0 Å². The van der Waals surface area contributed by atoms with E-state index >= 15 is 0 Å². The van der Waals surface area contributed by atoms with Crippen molar-refractivity contribution in [3.8, 4) is 39.7 Å². The highest BCUT2D eigenvalue weighted by Crippen LogP contribution is 2.43. The van der Waals surface area contributed by atoms with Crippen LogP contribution in [0.4, 0.5) is 21.9 Å². The fourth-order valence-electron chi connectivity index (χ4n) is 10.6. The molecule has 0 aromatic heterocycles. The number of non-ortho nitro benzene ring substituents is 1. The van der Waals surface area contributed by atoms with Crippen LogP contribution in [0.2, 0.25) is 0 Å². The van der Waals surface area contributed by atoms with Gasteiger partial charge in [0.15, 0.2) is 17.3 Å². The van der Waals surface area contributed by atoms with Gasteiger partial charge in [-0.2, -0.15) is 8.42 Å². The summed E-state index contributed by atoms with van der Waals surface area (Å²) in [7, 11) is -3.46. The van der Waals surface area contributed by atoms with Crippen molar-refractivity contribution < 1.29 is 70.2 Å². The van der Waals surface area contributed by atoms with Crippen LogP contribution in [0.15, 0.2) is 101 Å². The third-order valence-electron chi connectivity index (χ3n) is 15.0. The highest BCUT2D eigenvalue weighted by molar-refractivity contribution is 7.85. The molecule has 1 saturated heterocycles. The SMILES string of the molecule is CCN(CC)c1ccc2c(-c3ccccc3C(=O)N3CCCC3C(=O)NC(CS(=O)(=O)O)C(=O)CCCCCCC(=O)NCCOc3cc([N+](=O)[O-])c(C(C)OC(=O)Oc4ccc([N+](=O)[O-])cc4)cc3OC)c3ccc(=[N+](CC)CC)cc-3oc2c1. The standard InChI is InChI=1S/C61H71N7O17S/c1-7-64(8-2)41-25-29-46-53(34-41)85-54-35-42(65(9-3)10-4)26-30-47(54)58(46)44-18-15-16-19-45(44)60(72)66-32-17-20-50(66)59(71)63-49(38-86(78,79)80)52(69)21-13-11-12-14-22-57(70)62-31-33-82-56-37-51(68(76)77)48(36-55(56)81-6)39(5)83-61(73)84-43-27-23-40(24-28-43)67(74)75/h15-16,18-19,23-30,34-37,39,49-50H,7-14,17,20-22,31-33,38H2,1-6H3,(H2-,62,63,70,71,78,79,80)/p+1. The number of nitrogens with one attached hydrogen (secondary N) is 2. The summed E-state index contributed by atoms with van der Waals surface area (Å²) < 4.78 is 64.7. The highest BCUT2D eigenvalue weighted by atomic mass is 32.2. The minimum Gasteiger partial charge on any atom is -0.493 e. The molecule has 3 amide bonds. The summed E-state index contributed by atoms with van der Waals surface area (Å²) in [5.41, 5.74) is 3.38. The Hall–Kier alpha value is -8.97. The number of methoxy groups -OCH3 is 1. The highest BCUT2D eigenvalue weighted by Gasteiger charge is 2.38. The zero-order valence-corrected chi connectivity index (χ0v) is 49.7. The van der Waals surface area contributed by atoms with Gasteiger partial charge in [-0.3, -0.25) is 44.0 Å². The number of carbonyl (C=O) groups excluding carboxylic acids is 5. The number of anilines is 1. The van der Waals surface area contributed by atoms with Gasteiger partial charge in [0.2, 0.25) is 17.2 Å². The third kappa shape index (κ3) is 16.3. The van der Waals surface area contributed by atoms with Crippen molar-refractivity contribution in [2.45, 2.75) is 104 Å². The molecule has 3 N–H and O–H groups in total. The van der Waals surface area contributed by atoms with E-state index in [1.165, 1.54) is 37.1 Å². The Balaban J connectivity index is 0.921. The minimum atomic E-state index is -4.75. The van der Waals surface area contributed by atoms with E-state index in [4.69, 9.17) is 23.4 Å². The Kier molecular flexibility index (Phi) is 22.3. The number of likely N-dealkylation sites (tertiary alicyclic amines) is 1. The number of nitrogens with zero attached hydrogens (tertiary/aromatic N) is 5. The smallest absolute Gasteiger partial charge is 0.493 e. The second-order valence-corrected chi connectivity index (χ2v) is 22.0. The maximum Gasteiger partial charge on any atom is 0.514 e. The topological polar surface area (TPSA) is 310 Å². The zero-order valence-electron chi connectivity index (χ0n) is 48.9. The van der Waals surface area contributed by atoms with Crippen molar-refractivity contribution >= 4 is 67.8 Å². The molecule has 3 aliphatic rings. The molecule has 1 fully saturated rings. The van der Waals surface area contributed by atoms with Gasteiger partial charge in [0.05, 0.1) is 41.2 Å². The molecule has 7 rings (SSSR count). The van der Waals surface area contributed by atoms with Crippen LogP contribution in [0.25, 0.3) is 33.4 Å². The molecule has 0 radical (unpaired) electrons. The first kappa shape index (κ1) is 64.6. The van der Waals surface area contributed by atoms with Gasteiger partial charge in [0, 0.05) is 84.5 Å². The number of nitro benzene ring substituents is 2. The summed E-state index contributed by atoms with van der Waals surface area (Å²) in [4.78, 5) is 93.2. The number of fused-ring (bicyclic) bond motifs is 2. The van der Waals surface area contributed by atoms with E-state index in [1.54, 1.807) is 12.1 Å². The second-order valence-electron chi connectivity index (χ2n) is 20.5. The number of hydrogen-bond acceptors (Lipinski definition) is 17. The van der Waals surface area contributed by atoms with E-state index in [2.05, 4.69) is 47.8 Å². The molecular weight excluding hydrogens is 1130 g/mol. The van der Waals surface area contributed by atoms with Crippen molar-refractivity contribution in [1.82, 2.24) is 20.1 Å². The molecule has 4 aromatic rings. The summed E-state index contributed by atoms with van der Waals surface area (Å²) in [5, 5.41) is 30.0. The molecular formula is C61H72N7O17S+. The number of nitro groups is 2. The average Bonchev–Trinajstić information content (AvgIpc) is 1.17. The molecule has 3 unspecified atom stereocenters. The molecule has 4 aromatic carbocycles. The molecule has 0 spiro atoms. The predicted octanol–water partition coefficient (Wildman–Crippen LogP) is 9.05. The first-order valence-corrected chi connectivity index (χ1v) is 30.2. The lowest BCUT2D eigenvalue weighted by atomic mass is 9.90. The van der Waals surface area contributed by atoms with Crippen LogP contribution in [0.3, 0.4) is 0 Å². The molecule has 86 heavy (non-hydrogen) atoms. The lowest BCUT2D eigenvalue weighted by molar-refractivity contribution is -0.386. The predicted molar refractivity (Wildman–Crippen MR) is 320 cm³/mol. The zero-order chi connectivity index (χ0) is 62.2. The van der Waals surface area contributed by atoms with Crippen LogP contribution in [0, 0.1) is 20.2 Å². The number of ketones is 1. The lowest BCUT2D eigenvalue weighted by Crippen LogP contribution is -2.52. The number of unbranched alkanes of at least 4 members (excludes halogenated alkanes) is 3. The molecule has 2 heterocycles. The Bertz CT molecular complexity index is 3620. The third-order valence-corrected chi connectivity index (χ3v) is 15.8. The van der Waals surface area contributed by atoms with Gasteiger partial charge >= 0.3 is 6.16 Å². The van der Waals surface area contributed by atoms with E-state index in [9.17, 15) is 57.2 Å². The number of ether oxygens (including phenoxy) is 4. The van der Waals surface area contributed by atoms with Gasteiger partial charge in [-0.15, -0.1) is 0 Å². The summed E-state index contributed by atoms with van der Waals surface area (Å²) in [6.07, 6.45) is -0.0983. The lowest BCUT2D eigenvalue weighted by Gasteiger charge is -2.27. The van der Waals surface area contributed by atoms with Crippen molar-refractivity contribution in [3.63, 3.8) is 0 Å². The first-order valence-electron chi connectivity index (χ1n) is 28.6. The summed E-state index contributed by atoms with van der Waals surface area (Å²) >= 11 is 0. The molecule has 0 saturated carbocycles. The summed E-state index contributed by atoms with van der Waals surface area (Å²) in [6, 6.07) is 23.6. The van der Waals surface area contributed by atoms with Crippen molar-refractivity contribution in [3.05, 3.63) is 134 Å². The van der Waals surface area contributed by atoms with Crippen LogP contribution >= 0.6 is 0 Å². The molecule has 2 aliphatic heterocycles. The number of rotatable bonds is 29. The van der Waals surface area contributed by atoms with E-state index in [0.29, 0.717) is 48.2 Å². The van der Waals surface area contributed by atoms with Gasteiger partial charge in [0.1, 0.15) is 60.7 Å². The summed E-state index contributed by atoms with van der Waals surface area (Å²) in [5.74, 6) is -2.57. The van der Waals surface area contributed by atoms with E-state index in [1.807, 2.05) is 48.5 Å². The van der Waals surface area contributed by atoms with Gasteiger partial charge in [-0.1, -0.05) is 31.0 Å². The van der Waals surface area contributed by atoms with Crippen LogP contribution in [-0.4, -0.2) is 128 Å². The maximum atomic E-state index is 14.9. The number of benzene rings is 5. The molecule has 1 aliphatic carbocycles. The normalized spacial score (nSPS) is 13.8. The monoisotopic (exact) mass is 1210 g/mol. The van der Waals surface area contributed by atoms with Gasteiger partial charge in [-0.05, 0) is 108 Å². The average molecular weight is 1210 g/mol. The molecule has 0 bridgehead atoms. The number of carbonyl (C=O) groups is 5. The molecule has 24 nitrogen and oxygen atoms in total. The molecule has 458 valence electrons. The van der Waals surface area contributed by atoms with E-state index in [0.717, 1.165) is 71.9 Å². The Morgan fingerprint density at radius 3 is 2.21 bits per heavy atom. The maximum absolute atomic E-state index is 14.9. The summed E-state index contributed by atoms with van der Waals surface area (Å²) in [6.45, 7) is 13.0. The van der Waals surface area contributed by atoms with Gasteiger partial charge < -0.3 is 43.8 Å². The first-order chi connectivity index (χ1) is 41.2. The number of Topliss-reactive ketones (excluding diaryl/α,β-unsaturated/α-hetero) is 1. The molecule has 25 heteroatoms. The van der Waals surface area contributed by atoms with Crippen LogP contribution < -0.4 is 39.7 Å². The van der Waals surface area contributed by atoms with Crippen LogP contribution in [0.5, 0.6) is 17.2 Å². The van der Waals surface area contributed by atoms with E-state index < -0.39 is 73.3 Å². The van der Waals surface area contributed by atoms with Gasteiger partial charge in [-0.25, -0.2) is 9.37 Å². The Labute approximate surface area is 497 Å². The Morgan fingerprint density at radius 2 is 1.55 bits per heavy atom. The second kappa shape index (κ2) is 29.7. The Morgan fingerprint density at radius 1 is 0.837 bits per heavy atom. The van der Waals surface area contributed by atoms with Crippen molar-refractivity contribution in [2.75, 3.05) is 63.6 Å². The fraction of sp³-hybridized carbons (Fsp3) is 0.410. The van der Waals surface area contributed by atoms with Crippen LogP contribution in [-0.2, 0) is 29.2 Å².